The van der Waals surface area contributed by atoms with Crippen LogP contribution in [0.15, 0.2) is 65.8 Å². The summed E-state index contributed by atoms with van der Waals surface area (Å²) in [5.74, 6) is -0.455. The molecule has 0 aliphatic carbocycles. The highest BCUT2D eigenvalue weighted by molar-refractivity contribution is 6.51. The van der Waals surface area contributed by atoms with Crippen LogP contribution in [0.3, 0.4) is 0 Å². The van der Waals surface area contributed by atoms with Gasteiger partial charge in [0.2, 0.25) is 5.78 Å². The Labute approximate surface area is 182 Å². The van der Waals surface area contributed by atoms with E-state index in [-0.39, 0.29) is 5.71 Å². The van der Waals surface area contributed by atoms with Gasteiger partial charge in [-0.05, 0) is 41.5 Å². The van der Waals surface area contributed by atoms with Crippen LogP contribution in [0.5, 0.6) is 0 Å². The molecule has 0 radical (unpaired) electrons. The molecular weight excluding hydrogens is 396 g/mol. The zero-order chi connectivity index (χ0) is 23.2. The molecule has 2 aromatic rings. The molecule has 0 saturated heterocycles. The van der Waals surface area contributed by atoms with Crippen LogP contribution in [-0.4, -0.2) is 39.9 Å². The molecule has 2 amide bonds. The molecule has 0 unspecified atom stereocenters. The smallest absolute Gasteiger partial charge is 0.441 e. The van der Waals surface area contributed by atoms with Gasteiger partial charge in [0.1, 0.15) is 16.9 Å². The predicted octanol–water partition coefficient (Wildman–Crippen LogP) is 5.45. The minimum atomic E-state index is -1.05. The normalized spacial score (nSPS) is 12.1. The minimum Gasteiger partial charge on any atom is -0.442 e. The van der Waals surface area contributed by atoms with Crippen molar-refractivity contribution in [2.75, 3.05) is 0 Å². The Morgan fingerprint density at radius 3 is 1.45 bits per heavy atom. The number of amides is 2. The van der Waals surface area contributed by atoms with Crippen LogP contribution in [0.2, 0.25) is 0 Å². The van der Waals surface area contributed by atoms with Gasteiger partial charge in [0.25, 0.3) is 0 Å². The zero-order valence-corrected chi connectivity index (χ0v) is 18.7. The van der Waals surface area contributed by atoms with E-state index in [0.717, 1.165) is 0 Å². The van der Waals surface area contributed by atoms with E-state index in [1.165, 1.54) is 0 Å². The second kappa shape index (κ2) is 9.55. The van der Waals surface area contributed by atoms with Crippen LogP contribution >= 0.6 is 0 Å². The largest absolute Gasteiger partial charge is 0.442 e. The van der Waals surface area contributed by atoms with E-state index in [9.17, 15) is 14.4 Å². The summed E-state index contributed by atoms with van der Waals surface area (Å²) in [5, 5.41) is 4.60. The van der Waals surface area contributed by atoms with Crippen molar-refractivity contribution < 1.29 is 23.9 Å². The molecule has 0 bridgehead atoms. The average molecular weight is 424 g/mol. The van der Waals surface area contributed by atoms with Crippen molar-refractivity contribution in [2.45, 2.75) is 52.7 Å². The third-order valence-corrected chi connectivity index (χ3v) is 3.63. The number of hydrazone groups is 1. The van der Waals surface area contributed by atoms with Crippen molar-refractivity contribution in [3.05, 3.63) is 71.8 Å². The van der Waals surface area contributed by atoms with Crippen LogP contribution in [0.4, 0.5) is 9.59 Å². The molecule has 2 aromatic carbocycles. The number of carbonyl (C=O) groups excluding carboxylic acids is 3. The van der Waals surface area contributed by atoms with Gasteiger partial charge in [0.15, 0.2) is 0 Å². The molecule has 0 fully saturated rings. The minimum absolute atomic E-state index is 0.0940. The first-order chi connectivity index (χ1) is 14.4. The summed E-state index contributed by atoms with van der Waals surface area (Å²) < 4.78 is 10.7. The van der Waals surface area contributed by atoms with Gasteiger partial charge >= 0.3 is 12.2 Å². The first kappa shape index (κ1) is 23.8. The maximum absolute atomic E-state index is 13.2. The number of carbonyl (C=O) groups is 3. The standard InChI is InChI=1S/C24H28N2O5/c1-23(2,3)30-21(28)26(22(29)31-24(4,5)6)25-19(17-13-9-7-10-14-17)20(27)18-15-11-8-12-16-18/h7-16H,1-6H3/b25-19-. The van der Waals surface area contributed by atoms with Gasteiger partial charge in [0, 0.05) is 11.1 Å². The van der Waals surface area contributed by atoms with E-state index in [1.807, 2.05) is 0 Å². The first-order valence-corrected chi connectivity index (χ1v) is 9.87. The Kier molecular flexibility index (Phi) is 7.33. The Morgan fingerprint density at radius 2 is 1.06 bits per heavy atom. The molecule has 0 aliphatic heterocycles. The number of ketones is 1. The van der Waals surface area contributed by atoms with Crippen molar-refractivity contribution in [3.63, 3.8) is 0 Å². The van der Waals surface area contributed by atoms with Gasteiger partial charge in [-0.1, -0.05) is 65.7 Å². The molecule has 0 N–H and O–H groups in total. The zero-order valence-electron chi connectivity index (χ0n) is 18.7. The van der Waals surface area contributed by atoms with Crippen LogP contribution in [0.1, 0.15) is 57.5 Å². The Morgan fingerprint density at radius 1 is 0.677 bits per heavy atom. The van der Waals surface area contributed by atoms with E-state index < -0.39 is 29.2 Å². The van der Waals surface area contributed by atoms with Gasteiger partial charge in [-0.15, -0.1) is 0 Å². The molecule has 7 nitrogen and oxygen atoms in total. The number of nitrogens with zero attached hydrogens (tertiary/aromatic N) is 2. The van der Waals surface area contributed by atoms with E-state index in [0.29, 0.717) is 16.1 Å². The SMILES string of the molecule is CC(C)(C)OC(=O)N(/N=C(\C(=O)c1ccccc1)c1ccccc1)C(=O)OC(C)(C)C. The summed E-state index contributed by atoms with van der Waals surface area (Å²) >= 11 is 0. The lowest BCUT2D eigenvalue weighted by Crippen LogP contribution is -2.41. The van der Waals surface area contributed by atoms with Crippen LogP contribution in [0, 0.1) is 0 Å². The third-order valence-electron chi connectivity index (χ3n) is 3.63. The summed E-state index contributed by atoms with van der Waals surface area (Å²) in [6.07, 6.45) is -2.09. The quantitative estimate of drug-likeness (QED) is 0.370. The molecule has 164 valence electrons. The van der Waals surface area contributed by atoms with Gasteiger partial charge in [0.05, 0.1) is 0 Å². The second-order valence-electron chi connectivity index (χ2n) is 8.78. The lowest BCUT2D eigenvalue weighted by Gasteiger charge is -2.26. The van der Waals surface area contributed by atoms with Crippen LogP contribution in [0.25, 0.3) is 0 Å². The third kappa shape index (κ3) is 7.37. The molecule has 0 spiro atoms. The van der Waals surface area contributed by atoms with Gasteiger partial charge < -0.3 is 9.47 Å². The second-order valence-corrected chi connectivity index (χ2v) is 8.78. The van der Waals surface area contributed by atoms with Crippen molar-refractivity contribution in [2.24, 2.45) is 5.10 Å². The summed E-state index contributed by atoms with van der Waals surface area (Å²) in [6.45, 7) is 9.97. The van der Waals surface area contributed by atoms with E-state index in [4.69, 9.17) is 9.47 Å². The average Bonchev–Trinajstić information content (AvgIpc) is 2.66. The summed E-state index contributed by atoms with van der Waals surface area (Å²) in [4.78, 5) is 38.8. The highest BCUT2D eigenvalue weighted by Gasteiger charge is 2.33. The molecule has 0 heterocycles. The van der Waals surface area contributed by atoms with E-state index in [1.54, 1.807) is 102 Å². The van der Waals surface area contributed by atoms with Gasteiger partial charge in [-0.3, -0.25) is 4.79 Å². The Bertz CT molecular complexity index is 927. The molecule has 0 saturated carbocycles. The molecule has 0 atom stereocenters. The maximum atomic E-state index is 13.2. The van der Waals surface area contributed by atoms with Crippen molar-refractivity contribution in [1.82, 2.24) is 5.01 Å². The van der Waals surface area contributed by atoms with Gasteiger partial charge in [-0.25, -0.2) is 9.59 Å². The lowest BCUT2D eigenvalue weighted by molar-refractivity contribution is 0.00194. The Hall–Kier alpha value is -3.48. The Balaban J connectivity index is 2.59. The van der Waals surface area contributed by atoms with Gasteiger partial charge in [-0.2, -0.15) is 5.10 Å². The molecule has 0 aliphatic rings. The number of Topliss-reactive ketones (excluding diaryl/α,β-unsaturated/α-hetero) is 1. The molecule has 2 rings (SSSR count). The van der Waals surface area contributed by atoms with Crippen molar-refractivity contribution >= 4 is 23.7 Å². The number of imide groups is 1. The highest BCUT2D eigenvalue weighted by Crippen LogP contribution is 2.17. The van der Waals surface area contributed by atoms with E-state index >= 15 is 0 Å². The van der Waals surface area contributed by atoms with Crippen molar-refractivity contribution in [1.29, 1.82) is 0 Å². The van der Waals surface area contributed by atoms with Crippen LogP contribution in [-0.2, 0) is 9.47 Å². The summed E-state index contributed by atoms with van der Waals surface area (Å²) in [7, 11) is 0. The monoisotopic (exact) mass is 424 g/mol. The number of ether oxygens (including phenoxy) is 2. The molecular formula is C24H28N2O5. The fraction of sp³-hybridized carbons (Fsp3) is 0.333. The maximum Gasteiger partial charge on any atom is 0.441 e. The topological polar surface area (TPSA) is 85.3 Å². The predicted molar refractivity (Wildman–Crippen MR) is 118 cm³/mol. The number of hydrogen-bond donors (Lipinski definition) is 0. The molecule has 7 heteroatoms. The van der Waals surface area contributed by atoms with Crippen molar-refractivity contribution in [3.8, 4) is 0 Å². The first-order valence-electron chi connectivity index (χ1n) is 9.87. The lowest BCUT2D eigenvalue weighted by atomic mass is 10.0. The highest BCUT2D eigenvalue weighted by atomic mass is 16.6. The number of benzene rings is 2. The fourth-order valence-corrected chi connectivity index (χ4v) is 2.42. The summed E-state index contributed by atoms with van der Waals surface area (Å²) in [6, 6.07) is 17.1. The fourth-order valence-electron chi connectivity index (χ4n) is 2.42. The molecule has 31 heavy (non-hydrogen) atoms. The molecule has 0 aromatic heterocycles. The number of hydrogen-bond acceptors (Lipinski definition) is 6. The summed E-state index contributed by atoms with van der Waals surface area (Å²) in [5.41, 5.74) is -1.07. The van der Waals surface area contributed by atoms with Crippen LogP contribution < -0.4 is 0 Å². The van der Waals surface area contributed by atoms with E-state index in [2.05, 4.69) is 5.10 Å². The number of rotatable bonds is 4.